The number of aromatic nitrogens is 3. The van der Waals surface area contributed by atoms with Crippen molar-refractivity contribution in [1.29, 1.82) is 0 Å². The smallest absolute Gasteiger partial charge is 0.126 e. The van der Waals surface area contributed by atoms with Crippen LogP contribution >= 0.6 is 0 Å². The Kier molecular flexibility index (Phi) is 4.39. The number of nitrogens with zero attached hydrogens (tertiary/aromatic N) is 3. The molecule has 3 rings (SSSR count). The molecular formula is C18H27N5. The van der Waals surface area contributed by atoms with Gasteiger partial charge in [-0.2, -0.15) is 5.10 Å². The average Bonchev–Trinajstić information content (AvgIpc) is 3.00. The Bertz CT molecular complexity index is 647. The molecule has 3 heterocycles. The first kappa shape index (κ1) is 16.0. The maximum absolute atomic E-state index is 4.50. The number of hydrogen-bond acceptors (Lipinski definition) is 4. The minimum Gasteiger partial charge on any atom is -0.367 e. The van der Waals surface area contributed by atoms with Gasteiger partial charge in [-0.25, -0.2) is 4.98 Å². The highest BCUT2D eigenvalue weighted by atomic mass is 15.1. The second-order valence-corrected chi connectivity index (χ2v) is 7.56. The summed E-state index contributed by atoms with van der Waals surface area (Å²) in [7, 11) is 2.18. The van der Waals surface area contributed by atoms with Gasteiger partial charge in [-0.15, -0.1) is 0 Å². The van der Waals surface area contributed by atoms with E-state index in [9.17, 15) is 0 Å². The van der Waals surface area contributed by atoms with Crippen molar-refractivity contribution in [3.8, 4) is 11.1 Å². The Morgan fingerprint density at radius 3 is 2.70 bits per heavy atom. The lowest BCUT2D eigenvalue weighted by Crippen LogP contribution is -2.36. The van der Waals surface area contributed by atoms with E-state index in [1.54, 1.807) is 0 Å². The molecular weight excluding hydrogens is 286 g/mol. The average molecular weight is 313 g/mol. The van der Waals surface area contributed by atoms with Gasteiger partial charge in [0.1, 0.15) is 5.82 Å². The summed E-state index contributed by atoms with van der Waals surface area (Å²) < 4.78 is 0. The van der Waals surface area contributed by atoms with Gasteiger partial charge < -0.3 is 10.2 Å². The van der Waals surface area contributed by atoms with Crippen molar-refractivity contribution in [3.63, 3.8) is 0 Å². The molecule has 0 aliphatic carbocycles. The van der Waals surface area contributed by atoms with Crippen LogP contribution in [0.25, 0.3) is 11.1 Å². The van der Waals surface area contributed by atoms with Crippen LogP contribution < -0.4 is 5.32 Å². The van der Waals surface area contributed by atoms with Crippen molar-refractivity contribution in [2.45, 2.75) is 45.1 Å². The Hall–Kier alpha value is -1.88. The molecule has 0 bridgehead atoms. The predicted molar refractivity (Wildman–Crippen MR) is 94.7 cm³/mol. The number of H-pyrrole nitrogens is 1. The maximum Gasteiger partial charge on any atom is 0.126 e. The van der Waals surface area contributed by atoms with Gasteiger partial charge in [0, 0.05) is 28.9 Å². The van der Waals surface area contributed by atoms with E-state index >= 15 is 0 Å². The summed E-state index contributed by atoms with van der Waals surface area (Å²) in [5, 5.41) is 11.0. The SMILES string of the molecule is CN1CCC(Nc2cc(-c3cn[nH]c3C(C)(C)C)ccn2)CC1. The van der Waals surface area contributed by atoms with Crippen molar-refractivity contribution in [3.05, 3.63) is 30.2 Å². The third-order valence-electron chi connectivity index (χ3n) is 4.53. The van der Waals surface area contributed by atoms with Gasteiger partial charge in [0.05, 0.1) is 6.20 Å². The summed E-state index contributed by atoms with van der Waals surface area (Å²) in [6, 6.07) is 4.71. The van der Waals surface area contributed by atoms with Crippen LogP contribution in [0.4, 0.5) is 5.82 Å². The number of pyridine rings is 1. The Morgan fingerprint density at radius 2 is 2.00 bits per heavy atom. The summed E-state index contributed by atoms with van der Waals surface area (Å²) in [6.45, 7) is 8.88. The van der Waals surface area contributed by atoms with Gasteiger partial charge in [-0.1, -0.05) is 20.8 Å². The molecule has 1 fully saturated rings. The molecule has 23 heavy (non-hydrogen) atoms. The van der Waals surface area contributed by atoms with Crippen LogP contribution in [0, 0.1) is 0 Å². The molecule has 5 heteroatoms. The number of rotatable bonds is 3. The van der Waals surface area contributed by atoms with Crippen molar-refractivity contribution >= 4 is 5.82 Å². The third kappa shape index (κ3) is 3.72. The van der Waals surface area contributed by atoms with Gasteiger partial charge >= 0.3 is 0 Å². The topological polar surface area (TPSA) is 56.8 Å². The van der Waals surface area contributed by atoms with Crippen LogP contribution in [0.3, 0.4) is 0 Å². The van der Waals surface area contributed by atoms with E-state index in [-0.39, 0.29) is 5.41 Å². The molecule has 1 aliphatic rings. The van der Waals surface area contributed by atoms with Gasteiger partial charge in [0.2, 0.25) is 0 Å². The zero-order valence-corrected chi connectivity index (χ0v) is 14.6. The largest absolute Gasteiger partial charge is 0.367 e. The molecule has 1 saturated heterocycles. The predicted octanol–water partition coefficient (Wildman–Crippen LogP) is 3.28. The lowest BCUT2D eigenvalue weighted by molar-refractivity contribution is 0.263. The fraction of sp³-hybridized carbons (Fsp3) is 0.556. The first-order chi connectivity index (χ1) is 10.9. The van der Waals surface area contributed by atoms with Crippen molar-refractivity contribution in [2.24, 2.45) is 0 Å². The van der Waals surface area contributed by atoms with Gasteiger partial charge in [0.25, 0.3) is 0 Å². The van der Waals surface area contributed by atoms with E-state index < -0.39 is 0 Å². The molecule has 0 unspecified atom stereocenters. The maximum atomic E-state index is 4.50. The van der Waals surface area contributed by atoms with Crippen molar-refractivity contribution in [1.82, 2.24) is 20.1 Å². The first-order valence-corrected chi connectivity index (χ1v) is 8.39. The normalized spacial score (nSPS) is 17.4. The molecule has 0 radical (unpaired) electrons. The second kappa shape index (κ2) is 6.32. The number of nitrogens with one attached hydrogen (secondary N) is 2. The summed E-state index contributed by atoms with van der Waals surface area (Å²) in [6.07, 6.45) is 6.13. The standard InChI is InChI=1S/C18H27N5/c1-18(2,3)17-15(12-20-22-17)13-5-8-19-16(11-13)21-14-6-9-23(4)10-7-14/h5,8,11-12,14H,6-7,9-10H2,1-4H3,(H,19,21)(H,20,22). The Morgan fingerprint density at radius 1 is 1.26 bits per heavy atom. The number of anilines is 1. The van der Waals surface area contributed by atoms with Crippen molar-refractivity contribution in [2.75, 3.05) is 25.5 Å². The highest BCUT2D eigenvalue weighted by Crippen LogP contribution is 2.31. The van der Waals surface area contributed by atoms with E-state index in [1.807, 2.05) is 12.4 Å². The lowest BCUT2D eigenvalue weighted by atomic mass is 9.88. The van der Waals surface area contributed by atoms with Crippen LogP contribution in [0.5, 0.6) is 0 Å². The molecule has 2 aromatic heterocycles. The molecule has 1 aliphatic heterocycles. The second-order valence-electron chi connectivity index (χ2n) is 7.56. The summed E-state index contributed by atoms with van der Waals surface area (Å²) in [4.78, 5) is 6.88. The molecule has 0 amide bonds. The zero-order valence-electron chi connectivity index (χ0n) is 14.6. The number of hydrogen-bond donors (Lipinski definition) is 2. The molecule has 0 spiro atoms. The first-order valence-electron chi connectivity index (χ1n) is 8.39. The van der Waals surface area contributed by atoms with Crippen LogP contribution in [0.15, 0.2) is 24.5 Å². The van der Waals surface area contributed by atoms with E-state index in [1.165, 1.54) is 12.8 Å². The summed E-state index contributed by atoms with van der Waals surface area (Å²) >= 11 is 0. The minimum atomic E-state index is 0.0383. The molecule has 2 N–H and O–H groups in total. The highest BCUT2D eigenvalue weighted by Gasteiger charge is 2.21. The van der Waals surface area contributed by atoms with Crippen LogP contribution in [0.1, 0.15) is 39.3 Å². The van der Waals surface area contributed by atoms with Gasteiger partial charge in [-0.3, -0.25) is 5.10 Å². The number of aromatic amines is 1. The van der Waals surface area contributed by atoms with Gasteiger partial charge in [-0.05, 0) is 50.7 Å². The van der Waals surface area contributed by atoms with Crippen LogP contribution in [0.2, 0.25) is 0 Å². The van der Waals surface area contributed by atoms with E-state index in [4.69, 9.17) is 0 Å². The molecule has 2 aromatic rings. The number of piperidine rings is 1. The lowest BCUT2D eigenvalue weighted by Gasteiger charge is -2.29. The minimum absolute atomic E-state index is 0.0383. The Balaban J connectivity index is 1.79. The highest BCUT2D eigenvalue weighted by molar-refractivity contribution is 5.68. The zero-order chi connectivity index (χ0) is 16.4. The molecule has 124 valence electrons. The summed E-state index contributed by atoms with van der Waals surface area (Å²) in [5.41, 5.74) is 3.52. The monoisotopic (exact) mass is 313 g/mol. The fourth-order valence-corrected chi connectivity index (χ4v) is 3.12. The third-order valence-corrected chi connectivity index (χ3v) is 4.53. The van der Waals surface area contributed by atoms with Crippen LogP contribution in [-0.4, -0.2) is 46.3 Å². The summed E-state index contributed by atoms with van der Waals surface area (Å²) in [5.74, 6) is 0.957. The van der Waals surface area contributed by atoms with Gasteiger partial charge in [0.15, 0.2) is 0 Å². The molecule has 0 saturated carbocycles. The van der Waals surface area contributed by atoms with Crippen LogP contribution in [-0.2, 0) is 5.41 Å². The quantitative estimate of drug-likeness (QED) is 0.913. The molecule has 5 nitrogen and oxygen atoms in total. The molecule has 0 aromatic carbocycles. The Labute approximate surface area is 138 Å². The molecule has 0 atom stereocenters. The van der Waals surface area contributed by atoms with E-state index in [0.29, 0.717) is 6.04 Å². The number of likely N-dealkylation sites (tertiary alicyclic amines) is 1. The fourth-order valence-electron chi connectivity index (χ4n) is 3.12. The van der Waals surface area contributed by atoms with E-state index in [2.05, 4.69) is 65.3 Å². The van der Waals surface area contributed by atoms with E-state index in [0.717, 1.165) is 35.7 Å². The van der Waals surface area contributed by atoms with Crippen molar-refractivity contribution < 1.29 is 0 Å².